The van der Waals surface area contributed by atoms with Gasteiger partial charge < -0.3 is 4.74 Å². The van der Waals surface area contributed by atoms with E-state index in [-0.39, 0.29) is 5.78 Å². The lowest BCUT2D eigenvalue weighted by Gasteiger charge is -2.06. The van der Waals surface area contributed by atoms with Gasteiger partial charge in [0.1, 0.15) is 11.4 Å². The molecular formula is C13H14BrN3O2. The van der Waals surface area contributed by atoms with Gasteiger partial charge in [-0.25, -0.2) is 4.68 Å². The zero-order valence-electron chi connectivity index (χ0n) is 10.8. The smallest absolute Gasteiger partial charge is 0.214 e. The summed E-state index contributed by atoms with van der Waals surface area (Å²) in [5.74, 6) is 0.556. The van der Waals surface area contributed by atoms with Crippen molar-refractivity contribution in [3.8, 4) is 5.75 Å². The van der Waals surface area contributed by atoms with E-state index in [1.807, 2.05) is 13.0 Å². The van der Waals surface area contributed by atoms with Gasteiger partial charge in [0.15, 0.2) is 4.60 Å². The van der Waals surface area contributed by atoms with Gasteiger partial charge in [-0.15, -0.1) is 5.10 Å². The van der Waals surface area contributed by atoms with Crippen LogP contribution in [0.4, 0.5) is 0 Å². The zero-order valence-corrected chi connectivity index (χ0v) is 12.3. The Hall–Kier alpha value is -1.69. The summed E-state index contributed by atoms with van der Waals surface area (Å²) in [6.07, 6.45) is 0.926. The number of halogens is 1. The molecule has 1 aromatic heterocycles. The number of carbonyl (C=O) groups excluding carboxylic acids is 1. The third-order valence-electron chi connectivity index (χ3n) is 2.57. The average molecular weight is 324 g/mol. The van der Waals surface area contributed by atoms with Gasteiger partial charge in [-0.1, -0.05) is 24.3 Å². The molecule has 1 aromatic carbocycles. The molecule has 0 amide bonds. The molecule has 0 saturated carbocycles. The SMILES string of the molecule is CCCOc1cccc(C(=O)c2c(Br)nnn2C)c1. The fraction of sp³-hybridized carbons (Fsp3) is 0.308. The molecule has 0 atom stereocenters. The summed E-state index contributed by atoms with van der Waals surface area (Å²) in [7, 11) is 1.68. The maximum absolute atomic E-state index is 12.4. The maximum Gasteiger partial charge on any atom is 0.214 e. The number of hydrogen-bond acceptors (Lipinski definition) is 4. The first-order chi connectivity index (χ1) is 9.13. The van der Waals surface area contributed by atoms with E-state index in [2.05, 4.69) is 26.2 Å². The zero-order chi connectivity index (χ0) is 13.8. The highest BCUT2D eigenvalue weighted by atomic mass is 79.9. The first kappa shape index (κ1) is 13.7. The predicted octanol–water partition coefficient (Wildman–Crippen LogP) is 2.60. The molecule has 0 spiro atoms. The van der Waals surface area contributed by atoms with Gasteiger partial charge in [-0.2, -0.15) is 0 Å². The van der Waals surface area contributed by atoms with Crippen LogP contribution in [0.15, 0.2) is 28.9 Å². The number of ketones is 1. The second-order valence-electron chi connectivity index (χ2n) is 4.06. The molecule has 5 nitrogen and oxygen atoms in total. The van der Waals surface area contributed by atoms with E-state index in [1.54, 1.807) is 25.2 Å². The van der Waals surface area contributed by atoms with Crippen molar-refractivity contribution >= 4 is 21.7 Å². The molecule has 0 saturated heterocycles. The Bertz CT molecular complexity index is 576. The molecular weight excluding hydrogens is 310 g/mol. The van der Waals surface area contributed by atoms with Crippen molar-refractivity contribution in [1.29, 1.82) is 0 Å². The molecule has 0 bridgehead atoms. The Morgan fingerprint density at radius 1 is 1.47 bits per heavy atom. The monoisotopic (exact) mass is 323 g/mol. The van der Waals surface area contributed by atoms with Gasteiger partial charge in [-0.3, -0.25) is 4.79 Å². The summed E-state index contributed by atoms with van der Waals surface area (Å²) in [4.78, 5) is 12.4. The normalized spacial score (nSPS) is 10.5. The average Bonchev–Trinajstić information content (AvgIpc) is 2.75. The third kappa shape index (κ3) is 3.01. The Kier molecular flexibility index (Phi) is 4.31. The van der Waals surface area contributed by atoms with Crippen molar-refractivity contribution in [2.45, 2.75) is 13.3 Å². The van der Waals surface area contributed by atoms with Gasteiger partial charge in [0, 0.05) is 12.6 Å². The highest BCUT2D eigenvalue weighted by Crippen LogP contribution is 2.20. The van der Waals surface area contributed by atoms with Crippen molar-refractivity contribution in [2.24, 2.45) is 7.05 Å². The van der Waals surface area contributed by atoms with E-state index < -0.39 is 0 Å². The van der Waals surface area contributed by atoms with Crippen molar-refractivity contribution in [2.75, 3.05) is 6.61 Å². The predicted molar refractivity (Wildman–Crippen MR) is 74.4 cm³/mol. The number of benzene rings is 1. The van der Waals surface area contributed by atoms with Gasteiger partial charge in [0.2, 0.25) is 5.78 Å². The molecule has 0 aliphatic carbocycles. The Morgan fingerprint density at radius 2 is 2.26 bits per heavy atom. The summed E-state index contributed by atoms with van der Waals surface area (Å²) in [6, 6.07) is 7.12. The van der Waals surface area contributed by atoms with Crippen LogP contribution >= 0.6 is 15.9 Å². The minimum Gasteiger partial charge on any atom is -0.494 e. The lowest BCUT2D eigenvalue weighted by atomic mass is 10.1. The molecule has 0 unspecified atom stereocenters. The van der Waals surface area contributed by atoms with Crippen LogP contribution in [-0.4, -0.2) is 27.4 Å². The van der Waals surface area contributed by atoms with Crippen LogP contribution in [0.5, 0.6) is 5.75 Å². The lowest BCUT2D eigenvalue weighted by Crippen LogP contribution is -2.09. The fourth-order valence-electron chi connectivity index (χ4n) is 1.66. The molecule has 0 fully saturated rings. The van der Waals surface area contributed by atoms with E-state index in [0.29, 0.717) is 28.2 Å². The first-order valence-corrected chi connectivity index (χ1v) is 6.75. The lowest BCUT2D eigenvalue weighted by molar-refractivity contribution is 0.102. The van der Waals surface area contributed by atoms with Crippen molar-refractivity contribution < 1.29 is 9.53 Å². The standard InChI is InChI=1S/C13H14BrN3O2/c1-3-7-19-10-6-4-5-9(8-10)12(18)11-13(14)15-16-17(11)2/h4-6,8H,3,7H2,1-2H3. The number of nitrogens with zero attached hydrogens (tertiary/aromatic N) is 3. The molecule has 100 valence electrons. The summed E-state index contributed by atoms with van der Waals surface area (Å²) >= 11 is 3.23. The number of hydrogen-bond donors (Lipinski definition) is 0. The number of aromatic nitrogens is 3. The highest BCUT2D eigenvalue weighted by molar-refractivity contribution is 9.10. The summed E-state index contributed by atoms with van der Waals surface area (Å²) in [5.41, 5.74) is 0.979. The van der Waals surface area contributed by atoms with Crippen molar-refractivity contribution in [1.82, 2.24) is 15.0 Å². The van der Waals surface area contributed by atoms with Crippen molar-refractivity contribution in [3.63, 3.8) is 0 Å². The van der Waals surface area contributed by atoms with Gasteiger partial charge in [0.05, 0.1) is 6.61 Å². The van der Waals surface area contributed by atoms with Crippen LogP contribution in [0.1, 0.15) is 29.4 Å². The minimum absolute atomic E-state index is 0.138. The number of aryl methyl sites for hydroxylation is 1. The Labute approximate surface area is 119 Å². The topological polar surface area (TPSA) is 57.0 Å². The van der Waals surface area contributed by atoms with Gasteiger partial charge in [-0.05, 0) is 34.5 Å². The summed E-state index contributed by atoms with van der Waals surface area (Å²) in [5, 5.41) is 7.61. The Balaban J connectivity index is 2.29. The van der Waals surface area contributed by atoms with E-state index in [4.69, 9.17) is 4.74 Å². The van der Waals surface area contributed by atoms with Crippen LogP contribution in [-0.2, 0) is 7.05 Å². The van der Waals surface area contributed by atoms with Crippen LogP contribution in [0.3, 0.4) is 0 Å². The molecule has 2 rings (SSSR count). The molecule has 0 aliphatic heterocycles. The van der Waals surface area contributed by atoms with Gasteiger partial charge >= 0.3 is 0 Å². The Morgan fingerprint density at radius 3 is 2.89 bits per heavy atom. The second-order valence-corrected chi connectivity index (χ2v) is 4.81. The molecule has 1 heterocycles. The maximum atomic E-state index is 12.4. The summed E-state index contributed by atoms with van der Waals surface area (Å²) < 4.78 is 7.42. The molecule has 0 aliphatic rings. The van der Waals surface area contributed by atoms with E-state index >= 15 is 0 Å². The molecule has 2 aromatic rings. The van der Waals surface area contributed by atoms with Crippen molar-refractivity contribution in [3.05, 3.63) is 40.1 Å². The number of ether oxygens (including phenoxy) is 1. The molecule has 6 heteroatoms. The summed E-state index contributed by atoms with van der Waals surface area (Å²) in [6.45, 7) is 2.67. The third-order valence-corrected chi connectivity index (χ3v) is 3.10. The number of carbonyl (C=O) groups is 1. The van der Waals surface area contributed by atoms with Crippen LogP contribution in [0, 0.1) is 0 Å². The minimum atomic E-state index is -0.138. The van der Waals surface area contributed by atoms with Crippen LogP contribution in [0.25, 0.3) is 0 Å². The van der Waals surface area contributed by atoms with E-state index in [9.17, 15) is 4.79 Å². The second kappa shape index (κ2) is 5.97. The molecule has 19 heavy (non-hydrogen) atoms. The number of rotatable bonds is 5. The van der Waals surface area contributed by atoms with Gasteiger partial charge in [0.25, 0.3) is 0 Å². The molecule has 0 radical (unpaired) electrons. The quantitative estimate of drug-likeness (QED) is 0.793. The highest BCUT2D eigenvalue weighted by Gasteiger charge is 2.18. The molecule has 0 N–H and O–H groups in total. The van der Waals surface area contributed by atoms with Crippen LogP contribution < -0.4 is 4.74 Å². The fourth-order valence-corrected chi connectivity index (χ4v) is 2.16. The van der Waals surface area contributed by atoms with E-state index in [0.717, 1.165) is 6.42 Å². The van der Waals surface area contributed by atoms with Crippen LogP contribution in [0.2, 0.25) is 0 Å². The van der Waals surface area contributed by atoms with E-state index in [1.165, 1.54) is 4.68 Å². The largest absolute Gasteiger partial charge is 0.494 e. The first-order valence-electron chi connectivity index (χ1n) is 5.96.